The van der Waals surface area contributed by atoms with Crippen molar-refractivity contribution in [2.75, 3.05) is 26.8 Å². The lowest BCUT2D eigenvalue weighted by molar-refractivity contribution is -0.137. The average Bonchev–Trinajstić information content (AvgIpc) is 2.38. The van der Waals surface area contributed by atoms with Gasteiger partial charge in [-0.3, -0.25) is 0 Å². The summed E-state index contributed by atoms with van der Waals surface area (Å²) in [7, 11) is 1.35. The minimum absolute atomic E-state index is 0.189. The molecule has 1 unspecified atom stereocenters. The molecule has 3 nitrogen and oxygen atoms in total. The molecule has 0 aromatic heterocycles. The second kappa shape index (κ2) is 5.16. The zero-order chi connectivity index (χ0) is 13.2. The zero-order valence-electron chi connectivity index (χ0n) is 9.88. The van der Waals surface area contributed by atoms with E-state index in [1.54, 1.807) is 6.07 Å². The summed E-state index contributed by atoms with van der Waals surface area (Å²) in [5.74, 6) is 0.189. The van der Waals surface area contributed by atoms with E-state index in [9.17, 15) is 13.2 Å². The third kappa shape index (κ3) is 2.94. The highest BCUT2D eigenvalue weighted by atomic mass is 19.4. The largest absolute Gasteiger partial charge is 0.497 e. The predicted molar refractivity (Wildman–Crippen MR) is 59.6 cm³/mol. The molecule has 1 N–H and O–H groups in total. The maximum absolute atomic E-state index is 12.7. The van der Waals surface area contributed by atoms with Crippen LogP contribution in [0.1, 0.15) is 17.2 Å². The predicted octanol–water partition coefficient (Wildman–Crippen LogP) is 2.37. The van der Waals surface area contributed by atoms with Crippen LogP contribution in [0.5, 0.6) is 5.75 Å². The van der Waals surface area contributed by atoms with E-state index in [0.29, 0.717) is 25.3 Å². The minimum atomic E-state index is -4.38. The van der Waals surface area contributed by atoms with Crippen molar-refractivity contribution < 1.29 is 22.6 Å². The monoisotopic (exact) mass is 261 g/mol. The summed E-state index contributed by atoms with van der Waals surface area (Å²) < 4.78 is 48.6. The zero-order valence-corrected chi connectivity index (χ0v) is 9.88. The van der Waals surface area contributed by atoms with E-state index in [1.807, 2.05) is 0 Å². The Kier molecular flexibility index (Phi) is 3.77. The van der Waals surface area contributed by atoms with E-state index in [2.05, 4.69) is 5.32 Å². The van der Waals surface area contributed by atoms with Gasteiger partial charge in [0.15, 0.2) is 0 Å². The van der Waals surface area contributed by atoms with Gasteiger partial charge in [-0.25, -0.2) is 0 Å². The second-order valence-electron chi connectivity index (χ2n) is 4.06. The number of alkyl halides is 3. The smallest absolute Gasteiger partial charge is 0.416 e. The van der Waals surface area contributed by atoms with Crippen molar-refractivity contribution in [1.82, 2.24) is 5.32 Å². The van der Waals surface area contributed by atoms with Crippen molar-refractivity contribution in [2.24, 2.45) is 0 Å². The number of hydrogen-bond donors (Lipinski definition) is 1. The van der Waals surface area contributed by atoms with Gasteiger partial charge >= 0.3 is 6.18 Å². The van der Waals surface area contributed by atoms with Crippen LogP contribution < -0.4 is 10.1 Å². The van der Waals surface area contributed by atoms with Crippen molar-refractivity contribution in [1.29, 1.82) is 0 Å². The van der Waals surface area contributed by atoms with Crippen molar-refractivity contribution in [3.05, 3.63) is 29.3 Å². The van der Waals surface area contributed by atoms with E-state index in [1.165, 1.54) is 7.11 Å². The molecule has 6 heteroatoms. The highest BCUT2D eigenvalue weighted by Gasteiger charge is 2.32. The summed E-state index contributed by atoms with van der Waals surface area (Å²) in [5.41, 5.74) is -0.236. The van der Waals surface area contributed by atoms with Crippen LogP contribution in [0.25, 0.3) is 0 Å². The lowest BCUT2D eigenvalue weighted by atomic mass is 10.0. The summed E-state index contributed by atoms with van der Waals surface area (Å²) in [5, 5.41) is 3.08. The van der Waals surface area contributed by atoms with Crippen LogP contribution in [0.3, 0.4) is 0 Å². The van der Waals surface area contributed by atoms with Gasteiger partial charge in [0.1, 0.15) is 5.75 Å². The van der Waals surface area contributed by atoms with Gasteiger partial charge in [0.25, 0.3) is 0 Å². The Morgan fingerprint density at radius 3 is 2.67 bits per heavy atom. The molecule has 0 spiro atoms. The fourth-order valence-electron chi connectivity index (χ4n) is 1.87. The molecule has 1 fully saturated rings. The van der Waals surface area contributed by atoms with Crippen molar-refractivity contribution in [3.8, 4) is 5.75 Å². The average molecular weight is 261 g/mol. The van der Waals surface area contributed by atoms with Gasteiger partial charge in [0.2, 0.25) is 0 Å². The Hall–Kier alpha value is -1.27. The van der Waals surface area contributed by atoms with Crippen LogP contribution in [0.4, 0.5) is 13.2 Å². The van der Waals surface area contributed by atoms with E-state index in [0.717, 1.165) is 12.1 Å². The first-order valence-electron chi connectivity index (χ1n) is 5.59. The lowest BCUT2D eigenvalue weighted by Gasteiger charge is -2.25. The van der Waals surface area contributed by atoms with E-state index in [4.69, 9.17) is 9.47 Å². The third-order valence-electron chi connectivity index (χ3n) is 2.79. The molecule has 100 valence electrons. The molecule has 1 aromatic carbocycles. The molecule has 0 bridgehead atoms. The first-order chi connectivity index (χ1) is 8.50. The van der Waals surface area contributed by atoms with E-state index < -0.39 is 11.7 Å². The van der Waals surface area contributed by atoms with E-state index in [-0.39, 0.29) is 11.9 Å². The first-order valence-corrected chi connectivity index (χ1v) is 5.59. The molecule has 1 aliphatic rings. The molecule has 1 saturated heterocycles. The molecule has 1 aromatic rings. The quantitative estimate of drug-likeness (QED) is 0.886. The molecular weight excluding hydrogens is 247 g/mol. The number of morpholine rings is 1. The lowest BCUT2D eigenvalue weighted by Crippen LogP contribution is -2.33. The summed E-state index contributed by atoms with van der Waals surface area (Å²) in [6.45, 7) is 1.71. The van der Waals surface area contributed by atoms with Crippen LogP contribution >= 0.6 is 0 Å². The van der Waals surface area contributed by atoms with Gasteiger partial charge in [-0.1, -0.05) is 0 Å². The highest BCUT2D eigenvalue weighted by Crippen LogP contribution is 2.34. The van der Waals surface area contributed by atoms with Crippen LogP contribution in [0.15, 0.2) is 18.2 Å². The normalized spacial score (nSPS) is 20.8. The molecule has 2 rings (SSSR count). The molecule has 0 aliphatic carbocycles. The van der Waals surface area contributed by atoms with Crippen molar-refractivity contribution in [2.45, 2.75) is 12.3 Å². The summed E-state index contributed by atoms with van der Waals surface area (Å²) in [4.78, 5) is 0. The summed E-state index contributed by atoms with van der Waals surface area (Å²) >= 11 is 0. The Bertz CT molecular complexity index is 414. The van der Waals surface area contributed by atoms with Crippen LogP contribution in [0, 0.1) is 0 Å². The van der Waals surface area contributed by atoms with Gasteiger partial charge < -0.3 is 14.8 Å². The van der Waals surface area contributed by atoms with Gasteiger partial charge in [-0.05, 0) is 23.8 Å². The Labute approximate surface area is 103 Å². The standard InChI is InChI=1S/C12H14F3NO2/c1-17-10-5-8(11-7-16-2-3-18-11)4-9(6-10)12(13,14)15/h4-6,11,16H,2-3,7H2,1H3. The van der Waals surface area contributed by atoms with Crippen LogP contribution in [0.2, 0.25) is 0 Å². The molecule has 1 aliphatic heterocycles. The van der Waals surface area contributed by atoms with E-state index >= 15 is 0 Å². The third-order valence-corrected chi connectivity index (χ3v) is 2.79. The second-order valence-corrected chi connectivity index (χ2v) is 4.06. The van der Waals surface area contributed by atoms with Gasteiger partial charge in [0, 0.05) is 13.1 Å². The molecule has 1 atom stereocenters. The molecule has 1 heterocycles. The Morgan fingerprint density at radius 2 is 2.11 bits per heavy atom. The fraction of sp³-hybridized carbons (Fsp3) is 0.500. The van der Waals surface area contributed by atoms with Crippen LogP contribution in [-0.2, 0) is 10.9 Å². The Morgan fingerprint density at radius 1 is 1.33 bits per heavy atom. The van der Waals surface area contributed by atoms with Crippen LogP contribution in [-0.4, -0.2) is 26.8 Å². The van der Waals surface area contributed by atoms with Gasteiger partial charge in [-0.15, -0.1) is 0 Å². The number of benzene rings is 1. The molecule has 0 amide bonds. The molecule has 18 heavy (non-hydrogen) atoms. The maximum atomic E-state index is 12.7. The van der Waals surface area contributed by atoms with Gasteiger partial charge in [0.05, 0.1) is 25.4 Å². The number of rotatable bonds is 2. The number of ether oxygens (including phenoxy) is 2. The Balaban J connectivity index is 2.34. The number of methoxy groups -OCH3 is 1. The molecule has 0 saturated carbocycles. The number of hydrogen-bond acceptors (Lipinski definition) is 3. The summed E-state index contributed by atoms with van der Waals surface area (Å²) in [6, 6.07) is 3.67. The molecular formula is C12H14F3NO2. The van der Waals surface area contributed by atoms with Gasteiger partial charge in [-0.2, -0.15) is 13.2 Å². The van der Waals surface area contributed by atoms with Crippen molar-refractivity contribution in [3.63, 3.8) is 0 Å². The number of nitrogens with one attached hydrogen (secondary N) is 1. The fourth-order valence-corrected chi connectivity index (χ4v) is 1.87. The SMILES string of the molecule is COc1cc(C2CNCCO2)cc(C(F)(F)F)c1. The number of halogens is 3. The van der Waals surface area contributed by atoms with Crippen molar-refractivity contribution >= 4 is 0 Å². The first kappa shape index (κ1) is 13.2. The maximum Gasteiger partial charge on any atom is 0.416 e. The highest BCUT2D eigenvalue weighted by molar-refractivity contribution is 5.37. The molecule has 0 radical (unpaired) electrons. The minimum Gasteiger partial charge on any atom is -0.497 e. The summed E-state index contributed by atoms with van der Waals surface area (Å²) in [6.07, 6.45) is -4.75. The topological polar surface area (TPSA) is 30.5 Å².